The average Bonchev–Trinajstić information content (AvgIpc) is 3.27. The Morgan fingerprint density at radius 3 is 2.46 bits per heavy atom. The summed E-state index contributed by atoms with van der Waals surface area (Å²) >= 11 is 18.5. The van der Waals surface area contributed by atoms with Gasteiger partial charge in [0.1, 0.15) is 5.69 Å². The van der Waals surface area contributed by atoms with Crippen molar-refractivity contribution in [1.82, 2.24) is 14.8 Å². The van der Waals surface area contributed by atoms with E-state index >= 15 is 0 Å². The fourth-order valence-electron chi connectivity index (χ4n) is 3.55. The molecule has 1 aromatic carbocycles. The lowest BCUT2D eigenvalue weighted by Gasteiger charge is -2.27. The van der Waals surface area contributed by atoms with Crippen molar-refractivity contribution < 1.29 is 18.4 Å². The predicted molar refractivity (Wildman–Crippen MR) is 103 cm³/mol. The maximum Gasteiger partial charge on any atom is 0.282 e. The molecule has 1 heterocycles. The lowest BCUT2D eigenvalue weighted by molar-refractivity contribution is -0.124. The quantitative estimate of drug-likeness (QED) is 0.543. The van der Waals surface area contributed by atoms with Crippen molar-refractivity contribution in [3.63, 3.8) is 0 Å². The van der Waals surface area contributed by atoms with E-state index in [1.54, 1.807) is 19.1 Å². The van der Waals surface area contributed by atoms with E-state index < -0.39 is 24.1 Å². The van der Waals surface area contributed by atoms with Gasteiger partial charge < -0.3 is 0 Å². The highest BCUT2D eigenvalue weighted by atomic mass is 35.5. The number of carbonyl (C=O) groups excluding carboxylic acids is 1. The Morgan fingerprint density at radius 2 is 1.93 bits per heavy atom. The van der Waals surface area contributed by atoms with Crippen molar-refractivity contribution in [3.8, 4) is 0 Å². The lowest BCUT2D eigenvalue weighted by atomic mass is 10.1. The van der Waals surface area contributed by atoms with Gasteiger partial charge in [0.05, 0.1) is 18.7 Å². The minimum Gasteiger partial charge on any atom is -0.275 e. The average molecular weight is 453 g/mol. The van der Waals surface area contributed by atoms with Gasteiger partial charge in [0.15, 0.2) is 0 Å². The summed E-state index contributed by atoms with van der Waals surface area (Å²) in [6, 6.07) is 2.85. The van der Waals surface area contributed by atoms with Crippen LogP contribution in [0.2, 0.25) is 15.1 Å². The number of hydrogen-bond acceptors (Lipinski definition) is 3. The van der Waals surface area contributed by atoms with Crippen LogP contribution >= 0.6 is 34.8 Å². The number of aromatic nitrogens is 2. The summed E-state index contributed by atoms with van der Waals surface area (Å²) in [7, 11) is 2.80. The first kappa shape index (κ1) is 21.3. The highest BCUT2D eigenvalue weighted by Gasteiger charge is 2.47. The number of alkyl halides is 2. The summed E-state index contributed by atoms with van der Waals surface area (Å²) < 4.78 is 27.6. The lowest BCUT2D eigenvalue weighted by Crippen LogP contribution is -2.39. The third kappa shape index (κ3) is 3.99. The summed E-state index contributed by atoms with van der Waals surface area (Å²) in [5, 5.41) is 6.14. The number of nitrogens with zero attached hydrogens (tertiary/aromatic N) is 3. The molecule has 0 saturated heterocycles. The van der Waals surface area contributed by atoms with Gasteiger partial charge in [-0.25, -0.2) is 13.8 Å². The van der Waals surface area contributed by atoms with Gasteiger partial charge in [-0.3, -0.25) is 14.3 Å². The van der Waals surface area contributed by atoms with Crippen molar-refractivity contribution in [2.45, 2.75) is 31.7 Å². The molecule has 3 atom stereocenters. The molecule has 2 aromatic rings. The summed E-state index contributed by atoms with van der Waals surface area (Å²) in [5.74, 6) is -0.648. The Morgan fingerprint density at radius 1 is 1.32 bits per heavy atom. The SMILES string of the molecule is CON(C(=O)c1cn(C)nc1C(F)F)C(C)[C@@H]1C[C@H]1c1c(Cl)cc(Cl)cc1Cl. The second-order valence-electron chi connectivity index (χ2n) is 6.75. The van der Waals surface area contributed by atoms with Crippen LogP contribution in [0.25, 0.3) is 0 Å². The molecule has 0 aliphatic heterocycles. The molecule has 3 rings (SSSR count). The molecular formula is C18H18Cl3F2N3O2. The molecule has 1 aliphatic carbocycles. The van der Waals surface area contributed by atoms with Gasteiger partial charge in [0.2, 0.25) is 0 Å². The zero-order chi connectivity index (χ0) is 20.7. The molecule has 0 bridgehead atoms. The second-order valence-corrected chi connectivity index (χ2v) is 8.00. The zero-order valence-electron chi connectivity index (χ0n) is 15.3. The maximum atomic E-state index is 13.2. The zero-order valence-corrected chi connectivity index (χ0v) is 17.6. The third-order valence-electron chi connectivity index (χ3n) is 4.94. The van der Waals surface area contributed by atoms with Crippen LogP contribution < -0.4 is 0 Å². The van der Waals surface area contributed by atoms with Gasteiger partial charge in [-0.05, 0) is 42.9 Å². The number of hydrogen-bond donors (Lipinski definition) is 0. The van der Waals surface area contributed by atoms with Crippen LogP contribution in [0.3, 0.4) is 0 Å². The molecule has 0 spiro atoms. The van der Waals surface area contributed by atoms with E-state index in [-0.39, 0.29) is 17.4 Å². The molecule has 5 nitrogen and oxygen atoms in total. The monoisotopic (exact) mass is 451 g/mol. The van der Waals surface area contributed by atoms with E-state index in [9.17, 15) is 13.6 Å². The number of aryl methyl sites for hydroxylation is 1. The van der Waals surface area contributed by atoms with Crippen LogP contribution in [0.5, 0.6) is 0 Å². The molecule has 0 radical (unpaired) electrons. The first-order valence-electron chi connectivity index (χ1n) is 8.49. The highest BCUT2D eigenvalue weighted by Crippen LogP contribution is 2.55. The normalized spacial score (nSPS) is 19.8. The first-order chi connectivity index (χ1) is 13.1. The fraction of sp³-hybridized carbons (Fsp3) is 0.444. The Balaban J connectivity index is 1.82. The van der Waals surface area contributed by atoms with Crippen LogP contribution in [0, 0.1) is 5.92 Å². The largest absolute Gasteiger partial charge is 0.282 e. The highest BCUT2D eigenvalue weighted by molar-refractivity contribution is 6.39. The molecule has 1 fully saturated rings. The van der Waals surface area contributed by atoms with Gasteiger partial charge >= 0.3 is 0 Å². The molecule has 1 aliphatic rings. The number of halogens is 5. The molecule has 152 valence electrons. The standard InChI is InChI=1S/C18H18Cl3F2N3O2/c1-8(10-6-11(10)15-13(20)4-9(19)5-14(15)21)26(28-3)18(27)12-7-25(2)24-16(12)17(22)23/h4-5,7-8,10-11,17H,6H2,1-3H3/t8?,10-,11+/m0/s1. The van der Waals surface area contributed by atoms with Crippen LogP contribution in [0.1, 0.15) is 47.3 Å². The number of rotatable bonds is 6. The van der Waals surface area contributed by atoms with Crippen molar-refractivity contribution in [2.24, 2.45) is 13.0 Å². The molecule has 1 aromatic heterocycles. The smallest absolute Gasteiger partial charge is 0.275 e. The van der Waals surface area contributed by atoms with Gasteiger partial charge in [-0.2, -0.15) is 5.10 Å². The molecule has 1 saturated carbocycles. The van der Waals surface area contributed by atoms with E-state index in [4.69, 9.17) is 39.6 Å². The minimum absolute atomic E-state index is 0.00625. The molecule has 28 heavy (non-hydrogen) atoms. The Kier molecular flexibility index (Phi) is 6.20. The summed E-state index contributed by atoms with van der Waals surface area (Å²) in [5.41, 5.74) is 0.00609. The number of amides is 1. The molecule has 10 heteroatoms. The van der Waals surface area contributed by atoms with Crippen molar-refractivity contribution >= 4 is 40.7 Å². The number of hydroxylamine groups is 2. The topological polar surface area (TPSA) is 47.4 Å². The maximum absolute atomic E-state index is 13.2. The van der Waals surface area contributed by atoms with E-state index in [2.05, 4.69) is 5.10 Å². The predicted octanol–water partition coefficient (Wildman–Crippen LogP) is 5.51. The van der Waals surface area contributed by atoms with E-state index in [1.165, 1.54) is 25.0 Å². The molecule has 0 N–H and O–H groups in total. The summed E-state index contributed by atoms with van der Waals surface area (Å²) in [6.45, 7) is 1.79. The van der Waals surface area contributed by atoms with Crippen molar-refractivity contribution in [3.05, 3.63) is 50.2 Å². The number of benzene rings is 1. The summed E-state index contributed by atoms with van der Waals surface area (Å²) in [4.78, 5) is 18.1. The van der Waals surface area contributed by atoms with E-state index in [1.807, 2.05) is 0 Å². The Bertz CT molecular complexity index is 883. The molecular weight excluding hydrogens is 435 g/mol. The third-order valence-corrected chi connectivity index (χ3v) is 5.78. The van der Waals surface area contributed by atoms with Gasteiger partial charge in [0.25, 0.3) is 12.3 Å². The van der Waals surface area contributed by atoms with Crippen LogP contribution in [-0.2, 0) is 11.9 Å². The van der Waals surface area contributed by atoms with Gasteiger partial charge in [-0.15, -0.1) is 0 Å². The van der Waals surface area contributed by atoms with E-state index in [0.29, 0.717) is 15.1 Å². The van der Waals surface area contributed by atoms with Crippen molar-refractivity contribution in [1.29, 1.82) is 0 Å². The van der Waals surface area contributed by atoms with Gasteiger partial charge in [-0.1, -0.05) is 34.8 Å². The minimum atomic E-state index is -2.87. The second kappa shape index (κ2) is 8.14. The van der Waals surface area contributed by atoms with Crippen LogP contribution in [-0.4, -0.2) is 33.9 Å². The Hall–Kier alpha value is -1.41. The van der Waals surface area contributed by atoms with Gasteiger partial charge in [0, 0.05) is 28.3 Å². The number of carbonyl (C=O) groups is 1. The summed E-state index contributed by atoms with van der Waals surface area (Å²) in [6.07, 6.45) is -0.876. The fourth-order valence-corrected chi connectivity index (χ4v) is 4.64. The van der Waals surface area contributed by atoms with Crippen LogP contribution in [0.4, 0.5) is 8.78 Å². The Labute approximate surface area is 176 Å². The molecule has 1 amide bonds. The van der Waals surface area contributed by atoms with E-state index in [0.717, 1.165) is 17.0 Å². The molecule has 1 unspecified atom stereocenters. The van der Waals surface area contributed by atoms with Crippen molar-refractivity contribution in [2.75, 3.05) is 7.11 Å². The van der Waals surface area contributed by atoms with Crippen LogP contribution in [0.15, 0.2) is 18.3 Å². The first-order valence-corrected chi connectivity index (χ1v) is 9.62.